The predicted molar refractivity (Wildman–Crippen MR) is 94.9 cm³/mol. The Morgan fingerprint density at radius 3 is 2.18 bits per heavy atom. The molecule has 1 nitrogen and oxygen atoms in total. The zero-order valence-electron chi connectivity index (χ0n) is 13.5. The average molecular weight is 312 g/mol. The molecular weight excluding hydrogens is 288 g/mol. The number of hydrogen-bond acceptors (Lipinski definition) is 2. The number of benzene rings is 1. The van der Waals surface area contributed by atoms with Crippen LogP contribution in [0.5, 0.6) is 0 Å². The van der Waals surface area contributed by atoms with E-state index in [2.05, 4.69) is 38.1 Å². The van der Waals surface area contributed by atoms with Crippen LogP contribution in [0.15, 0.2) is 34.7 Å². The van der Waals surface area contributed by atoms with Gasteiger partial charge in [0.05, 0.1) is 0 Å². The minimum absolute atomic E-state index is 0.425. The van der Waals surface area contributed by atoms with Crippen molar-refractivity contribution in [2.45, 2.75) is 58.3 Å². The minimum atomic E-state index is 0.425. The van der Waals surface area contributed by atoms with Crippen molar-refractivity contribution >= 4 is 12.2 Å². The van der Waals surface area contributed by atoms with Crippen molar-refractivity contribution < 1.29 is 4.42 Å². The Bertz CT molecular complexity index is 698. The van der Waals surface area contributed by atoms with Crippen molar-refractivity contribution in [3.05, 3.63) is 51.7 Å². The maximum Gasteiger partial charge on any atom is 0.194 e. The summed E-state index contributed by atoms with van der Waals surface area (Å²) in [7, 11) is 0. The summed E-state index contributed by atoms with van der Waals surface area (Å²) >= 11 is 5.61. The van der Waals surface area contributed by atoms with Crippen LogP contribution in [0.4, 0.5) is 0 Å². The first kappa shape index (κ1) is 15.5. The summed E-state index contributed by atoms with van der Waals surface area (Å²) in [6, 6.07) is 10.4. The van der Waals surface area contributed by atoms with Crippen LogP contribution in [-0.4, -0.2) is 0 Å². The second kappa shape index (κ2) is 6.78. The molecule has 0 radical (unpaired) electrons. The van der Waals surface area contributed by atoms with Gasteiger partial charge in [0.2, 0.25) is 0 Å². The van der Waals surface area contributed by atoms with Gasteiger partial charge in [0.1, 0.15) is 5.76 Å². The van der Waals surface area contributed by atoms with Crippen LogP contribution >= 0.6 is 12.2 Å². The summed E-state index contributed by atoms with van der Waals surface area (Å²) < 4.78 is 6.85. The van der Waals surface area contributed by atoms with Gasteiger partial charge < -0.3 is 4.42 Å². The fourth-order valence-corrected chi connectivity index (χ4v) is 3.99. The molecule has 0 N–H and O–H groups in total. The second-order valence-corrected chi connectivity index (χ2v) is 6.90. The van der Waals surface area contributed by atoms with Crippen LogP contribution in [0.2, 0.25) is 0 Å². The van der Waals surface area contributed by atoms with Gasteiger partial charge in [-0.3, -0.25) is 0 Å². The van der Waals surface area contributed by atoms with Gasteiger partial charge in [-0.05, 0) is 54.9 Å². The van der Waals surface area contributed by atoms with Crippen LogP contribution in [0.25, 0.3) is 11.3 Å². The molecule has 2 aromatic rings. The Hall–Kier alpha value is -1.41. The summed E-state index contributed by atoms with van der Waals surface area (Å²) in [5.74, 6) is 1.43. The molecule has 116 valence electrons. The molecule has 0 aliphatic heterocycles. The van der Waals surface area contributed by atoms with Crippen molar-refractivity contribution in [2.24, 2.45) is 0 Å². The molecule has 1 aliphatic rings. The Morgan fingerprint density at radius 1 is 0.909 bits per heavy atom. The van der Waals surface area contributed by atoms with Gasteiger partial charge in [0, 0.05) is 11.1 Å². The van der Waals surface area contributed by atoms with Crippen LogP contribution in [0.1, 0.15) is 62.1 Å². The summed E-state index contributed by atoms with van der Waals surface area (Å²) in [6.45, 7) is 4.45. The quantitative estimate of drug-likeness (QED) is 0.590. The standard InChI is InChI=1S/C20H24OS/c1-14(2)18-16-12-8-3-4-9-13-17(16)19(21-20(18)22)15-10-6-5-7-11-15/h5-7,10-11,14H,3-4,8-9,12-13H2,1-2H3. The smallest absolute Gasteiger partial charge is 0.194 e. The first-order chi connectivity index (χ1) is 10.7. The highest BCUT2D eigenvalue weighted by Gasteiger charge is 2.21. The third kappa shape index (κ3) is 3.03. The van der Waals surface area contributed by atoms with E-state index in [0.717, 1.165) is 24.2 Å². The van der Waals surface area contributed by atoms with Crippen LogP contribution in [0, 0.1) is 4.71 Å². The molecule has 1 aromatic carbocycles. The molecular formula is C20H24OS. The fraction of sp³-hybridized carbons (Fsp3) is 0.450. The van der Waals surface area contributed by atoms with Crippen LogP contribution in [-0.2, 0) is 12.8 Å². The molecule has 2 heteroatoms. The summed E-state index contributed by atoms with van der Waals surface area (Å²) in [4.78, 5) is 0. The minimum Gasteiger partial charge on any atom is -0.445 e. The van der Waals surface area contributed by atoms with Gasteiger partial charge >= 0.3 is 0 Å². The molecule has 0 bridgehead atoms. The molecule has 0 saturated carbocycles. The van der Waals surface area contributed by atoms with Gasteiger partial charge in [-0.25, -0.2) is 0 Å². The predicted octanol–water partition coefficient (Wildman–Crippen LogP) is 6.46. The van der Waals surface area contributed by atoms with E-state index in [4.69, 9.17) is 16.6 Å². The third-order valence-corrected chi connectivity index (χ3v) is 4.90. The maximum atomic E-state index is 6.17. The van der Waals surface area contributed by atoms with Gasteiger partial charge in [0.25, 0.3) is 0 Å². The lowest BCUT2D eigenvalue weighted by molar-refractivity contribution is 0.511. The Morgan fingerprint density at radius 2 is 1.55 bits per heavy atom. The monoisotopic (exact) mass is 312 g/mol. The van der Waals surface area contributed by atoms with E-state index < -0.39 is 0 Å². The largest absolute Gasteiger partial charge is 0.445 e. The van der Waals surface area contributed by atoms with E-state index in [1.165, 1.54) is 42.4 Å². The molecule has 3 rings (SSSR count). The topological polar surface area (TPSA) is 13.1 Å². The van der Waals surface area contributed by atoms with Gasteiger partial charge in [-0.15, -0.1) is 0 Å². The zero-order chi connectivity index (χ0) is 15.5. The lowest BCUT2D eigenvalue weighted by Crippen LogP contribution is -2.08. The molecule has 1 aromatic heterocycles. The summed E-state index contributed by atoms with van der Waals surface area (Å²) in [6.07, 6.45) is 7.41. The van der Waals surface area contributed by atoms with Crippen LogP contribution < -0.4 is 0 Å². The molecule has 0 atom stereocenters. The van der Waals surface area contributed by atoms with E-state index in [0.29, 0.717) is 10.6 Å². The lowest BCUT2D eigenvalue weighted by atomic mass is 9.86. The Balaban J connectivity index is 2.25. The van der Waals surface area contributed by atoms with E-state index in [1.54, 1.807) is 0 Å². The highest BCUT2D eigenvalue weighted by Crippen LogP contribution is 2.36. The molecule has 0 fully saturated rings. The van der Waals surface area contributed by atoms with Crippen molar-refractivity contribution in [2.75, 3.05) is 0 Å². The van der Waals surface area contributed by atoms with E-state index in [-0.39, 0.29) is 0 Å². The van der Waals surface area contributed by atoms with Crippen molar-refractivity contribution in [3.63, 3.8) is 0 Å². The lowest BCUT2D eigenvalue weighted by Gasteiger charge is -2.22. The number of rotatable bonds is 2. The van der Waals surface area contributed by atoms with Gasteiger partial charge in [-0.1, -0.05) is 57.0 Å². The molecule has 1 aliphatic carbocycles. The highest BCUT2D eigenvalue weighted by atomic mass is 32.1. The van der Waals surface area contributed by atoms with Gasteiger partial charge in [-0.2, -0.15) is 0 Å². The second-order valence-electron chi connectivity index (χ2n) is 6.52. The maximum absolute atomic E-state index is 6.17. The summed E-state index contributed by atoms with van der Waals surface area (Å²) in [5, 5.41) is 0. The number of hydrogen-bond donors (Lipinski definition) is 0. The van der Waals surface area contributed by atoms with Crippen molar-refractivity contribution in [1.82, 2.24) is 0 Å². The first-order valence-corrected chi connectivity index (χ1v) is 8.83. The van der Waals surface area contributed by atoms with E-state index in [9.17, 15) is 0 Å². The summed E-state index contributed by atoms with van der Waals surface area (Å²) in [5.41, 5.74) is 5.31. The van der Waals surface area contributed by atoms with Gasteiger partial charge in [0.15, 0.2) is 4.71 Å². The van der Waals surface area contributed by atoms with Crippen molar-refractivity contribution in [3.8, 4) is 11.3 Å². The molecule has 0 saturated heterocycles. The van der Waals surface area contributed by atoms with Crippen LogP contribution in [0.3, 0.4) is 0 Å². The molecule has 0 spiro atoms. The fourth-order valence-electron chi connectivity index (χ4n) is 3.55. The SMILES string of the molecule is CC(C)c1c2c(c(-c3ccccc3)oc1=S)CCCCCC2. The molecule has 1 heterocycles. The average Bonchev–Trinajstić information content (AvgIpc) is 2.48. The third-order valence-electron chi connectivity index (χ3n) is 4.60. The highest BCUT2D eigenvalue weighted by molar-refractivity contribution is 7.71. The van der Waals surface area contributed by atoms with E-state index >= 15 is 0 Å². The normalized spacial score (nSPS) is 15.2. The Kier molecular flexibility index (Phi) is 4.77. The first-order valence-electron chi connectivity index (χ1n) is 8.42. The van der Waals surface area contributed by atoms with Crippen molar-refractivity contribution in [1.29, 1.82) is 0 Å². The van der Waals surface area contributed by atoms with E-state index in [1.807, 2.05) is 6.07 Å². The molecule has 0 unspecified atom stereocenters. The zero-order valence-corrected chi connectivity index (χ0v) is 14.3. The number of fused-ring (bicyclic) bond motifs is 1. The Labute approximate surface area is 138 Å². The molecule has 22 heavy (non-hydrogen) atoms. The molecule has 0 amide bonds.